The Morgan fingerprint density at radius 2 is 1.81 bits per heavy atom. The molecule has 0 radical (unpaired) electrons. The second kappa shape index (κ2) is 8.81. The summed E-state index contributed by atoms with van der Waals surface area (Å²) in [5, 5.41) is 12.1. The van der Waals surface area contributed by atoms with Gasteiger partial charge in [0.2, 0.25) is 5.91 Å². The highest BCUT2D eigenvalue weighted by atomic mass is 32.2. The Kier molecular flexibility index (Phi) is 6.24. The number of aromatic nitrogens is 3. The third-order valence-corrected chi connectivity index (χ3v) is 4.72. The molecule has 1 N–H and O–H groups in total. The fraction of sp³-hybridized carbons (Fsp3) is 0.250. The van der Waals surface area contributed by atoms with Crippen molar-refractivity contribution in [2.24, 2.45) is 5.92 Å². The van der Waals surface area contributed by atoms with Crippen molar-refractivity contribution in [2.75, 3.05) is 12.3 Å². The fourth-order valence-electron chi connectivity index (χ4n) is 2.46. The van der Waals surface area contributed by atoms with E-state index in [2.05, 4.69) is 29.4 Å². The van der Waals surface area contributed by atoms with Gasteiger partial charge in [-0.2, -0.15) is 0 Å². The van der Waals surface area contributed by atoms with Crippen LogP contribution in [0, 0.1) is 11.7 Å². The summed E-state index contributed by atoms with van der Waals surface area (Å²) in [7, 11) is 0. The van der Waals surface area contributed by atoms with E-state index in [4.69, 9.17) is 0 Å². The van der Waals surface area contributed by atoms with Crippen molar-refractivity contribution in [3.63, 3.8) is 0 Å². The molecule has 0 fully saturated rings. The number of nitrogens with zero attached hydrogens (tertiary/aromatic N) is 3. The van der Waals surface area contributed by atoms with Crippen molar-refractivity contribution in [1.29, 1.82) is 0 Å². The molecule has 0 bridgehead atoms. The van der Waals surface area contributed by atoms with Gasteiger partial charge in [-0.05, 0) is 42.3 Å². The summed E-state index contributed by atoms with van der Waals surface area (Å²) >= 11 is 1.32. The number of amides is 1. The predicted molar refractivity (Wildman–Crippen MR) is 105 cm³/mol. The van der Waals surface area contributed by atoms with Crippen LogP contribution in [0.25, 0.3) is 17.1 Å². The molecule has 5 nitrogen and oxygen atoms in total. The van der Waals surface area contributed by atoms with Crippen LogP contribution >= 0.6 is 11.8 Å². The van der Waals surface area contributed by atoms with E-state index in [0.717, 1.165) is 11.3 Å². The number of hydrogen-bond acceptors (Lipinski definition) is 4. The third-order valence-electron chi connectivity index (χ3n) is 3.79. The largest absolute Gasteiger partial charge is 0.355 e. The van der Waals surface area contributed by atoms with Crippen molar-refractivity contribution in [1.82, 2.24) is 20.1 Å². The molecule has 1 amide bonds. The van der Waals surface area contributed by atoms with E-state index in [-0.39, 0.29) is 17.5 Å². The first-order valence-corrected chi connectivity index (χ1v) is 9.69. The summed E-state index contributed by atoms with van der Waals surface area (Å²) in [6.45, 7) is 4.74. The summed E-state index contributed by atoms with van der Waals surface area (Å²) < 4.78 is 15.2. The Morgan fingerprint density at radius 1 is 1.11 bits per heavy atom. The highest BCUT2D eigenvalue weighted by Crippen LogP contribution is 2.27. The van der Waals surface area contributed by atoms with Crippen LogP contribution in [-0.2, 0) is 4.79 Å². The number of hydrogen-bond donors (Lipinski definition) is 1. The summed E-state index contributed by atoms with van der Waals surface area (Å²) in [5.74, 6) is 0.907. The Hall–Kier alpha value is -2.67. The minimum Gasteiger partial charge on any atom is -0.355 e. The summed E-state index contributed by atoms with van der Waals surface area (Å²) in [5.41, 5.74) is 1.63. The minimum absolute atomic E-state index is 0.0420. The summed E-state index contributed by atoms with van der Waals surface area (Å²) in [4.78, 5) is 12.1. The van der Waals surface area contributed by atoms with Gasteiger partial charge in [-0.15, -0.1) is 10.2 Å². The zero-order valence-electron chi connectivity index (χ0n) is 15.2. The van der Waals surface area contributed by atoms with Gasteiger partial charge in [0, 0.05) is 17.8 Å². The minimum atomic E-state index is -0.305. The Morgan fingerprint density at radius 3 is 2.48 bits per heavy atom. The maximum Gasteiger partial charge on any atom is 0.230 e. The first-order valence-electron chi connectivity index (χ1n) is 8.71. The van der Waals surface area contributed by atoms with Gasteiger partial charge in [-0.1, -0.05) is 43.8 Å². The van der Waals surface area contributed by atoms with Gasteiger partial charge in [0.25, 0.3) is 0 Å². The standard InChI is InChI=1S/C20H21FN4OS/c1-14(2)12-22-18(26)13-27-20-24-23-19(15-8-10-16(21)11-9-15)25(20)17-6-4-3-5-7-17/h3-11,14H,12-13H2,1-2H3,(H,22,26). The van der Waals surface area contributed by atoms with Crippen molar-refractivity contribution in [3.8, 4) is 17.1 Å². The van der Waals surface area contributed by atoms with Gasteiger partial charge in [0.15, 0.2) is 11.0 Å². The van der Waals surface area contributed by atoms with E-state index in [1.807, 2.05) is 34.9 Å². The monoisotopic (exact) mass is 384 g/mol. The molecule has 1 heterocycles. The first kappa shape index (κ1) is 19.1. The average Bonchev–Trinajstić information content (AvgIpc) is 3.10. The Balaban J connectivity index is 1.88. The Labute approximate surface area is 162 Å². The van der Waals surface area contributed by atoms with Crippen LogP contribution in [0.4, 0.5) is 4.39 Å². The molecule has 0 aliphatic heterocycles. The topological polar surface area (TPSA) is 59.8 Å². The molecule has 0 saturated heterocycles. The van der Waals surface area contributed by atoms with Gasteiger partial charge in [0.05, 0.1) is 5.75 Å². The Bertz CT molecular complexity index is 894. The molecule has 3 aromatic rings. The van der Waals surface area contributed by atoms with E-state index >= 15 is 0 Å². The molecule has 0 aliphatic rings. The van der Waals surface area contributed by atoms with Crippen LogP contribution in [0.3, 0.4) is 0 Å². The number of thioether (sulfide) groups is 1. The van der Waals surface area contributed by atoms with E-state index in [1.54, 1.807) is 12.1 Å². The SMILES string of the molecule is CC(C)CNC(=O)CSc1nnc(-c2ccc(F)cc2)n1-c1ccccc1. The lowest BCUT2D eigenvalue weighted by Crippen LogP contribution is -2.28. The molecule has 0 spiro atoms. The molecule has 7 heteroatoms. The smallest absolute Gasteiger partial charge is 0.230 e. The molecule has 3 rings (SSSR count). The van der Waals surface area contributed by atoms with Crippen LogP contribution in [0.5, 0.6) is 0 Å². The normalized spacial score (nSPS) is 11.0. The summed E-state index contributed by atoms with van der Waals surface area (Å²) in [6.07, 6.45) is 0. The van der Waals surface area contributed by atoms with Gasteiger partial charge >= 0.3 is 0 Å². The summed E-state index contributed by atoms with van der Waals surface area (Å²) in [6, 6.07) is 15.8. The van der Waals surface area contributed by atoms with Gasteiger partial charge in [0.1, 0.15) is 5.82 Å². The van der Waals surface area contributed by atoms with Crippen LogP contribution in [0.2, 0.25) is 0 Å². The van der Waals surface area contributed by atoms with Crippen molar-refractivity contribution < 1.29 is 9.18 Å². The second-order valence-electron chi connectivity index (χ2n) is 6.47. The molecule has 0 aliphatic carbocycles. The quantitative estimate of drug-likeness (QED) is 0.627. The molecule has 140 valence electrons. The van der Waals surface area contributed by atoms with E-state index < -0.39 is 0 Å². The van der Waals surface area contributed by atoms with Gasteiger partial charge in [-0.3, -0.25) is 9.36 Å². The molecular weight excluding hydrogens is 363 g/mol. The number of rotatable bonds is 7. The maximum atomic E-state index is 13.3. The first-order chi connectivity index (χ1) is 13.0. The lowest BCUT2D eigenvalue weighted by atomic mass is 10.2. The van der Waals surface area contributed by atoms with Crippen molar-refractivity contribution in [3.05, 3.63) is 60.4 Å². The average molecular weight is 384 g/mol. The molecule has 1 aromatic heterocycles. The van der Waals surface area contributed by atoms with Crippen molar-refractivity contribution in [2.45, 2.75) is 19.0 Å². The number of nitrogens with one attached hydrogen (secondary N) is 1. The van der Waals surface area contributed by atoms with E-state index in [1.165, 1.54) is 23.9 Å². The van der Waals surface area contributed by atoms with Crippen LogP contribution in [0.15, 0.2) is 59.8 Å². The number of para-hydroxylation sites is 1. The molecule has 27 heavy (non-hydrogen) atoms. The molecule has 0 atom stereocenters. The number of halogens is 1. The lowest BCUT2D eigenvalue weighted by Gasteiger charge is -2.11. The zero-order valence-corrected chi connectivity index (χ0v) is 16.0. The van der Waals surface area contributed by atoms with Crippen LogP contribution < -0.4 is 5.32 Å². The lowest BCUT2D eigenvalue weighted by molar-refractivity contribution is -0.118. The third kappa shape index (κ3) is 4.95. The number of carbonyl (C=O) groups is 1. The van der Waals surface area contributed by atoms with E-state index in [0.29, 0.717) is 23.4 Å². The second-order valence-corrected chi connectivity index (χ2v) is 7.41. The van der Waals surface area contributed by atoms with Crippen LogP contribution in [0.1, 0.15) is 13.8 Å². The van der Waals surface area contributed by atoms with E-state index in [9.17, 15) is 9.18 Å². The van der Waals surface area contributed by atoms with Crippen molar-refractivity contribution >= 4 is 17.7 Å². The van der Waals surface area contributed by atoms with Crippen LogP contribution in [-0.4, -0.2) is 33.0 Å². The molecular formula is C20H21FN4OS. The number of benzene rings is 2. The predicted octanol–water partition coefficient (Wildman–Crippen LogP) is 3.94. The molecule has 0 unspecified atom stereocenters. The number of carbonyl (C=O) groups excluding carboxylic acids is 1. The highest BCUT2D eigenvalue weighted by molar-refractivity contribution is 7.99. The van der Waals surface area contributed by atoms with Gasteiger partial charge in [-0.25, -0.2) is 4.39 Å². The zero-order chi connectivity index (χ0) is 19.2. The molecule has 0 saturated carbocycles. The highest BCUT2D eigenvalue weighted by Gasteiger charge is 2.17. The molecule has 2 aromatic carbocycles. The van der Waals surface area contributed by atoms with Gasteiger partial charge < -0.3 is 5.32 Å². The fourth-order valence-corrected chi connectivity index (χ4v) is 3.24. The maximum absolute atomic E-state index is 13.3.